The van der Waals surface area contributed by atoms with E-state index in [0.29, 0.717) is 17.3 Å². The summed E-state index contributed by atoms with van der Waals surface area (Å²) in [5.74, 6) is 2.22. The van der Waals surface area contributed by atoms with Crippen molar-refractivity contribution in [2.45, 2.75) is 45.0 Å². The van der Waals surface area contributed by atoms with Gasteiger partial charge >= 0.3 is 0 Å². The van der Waals surface area contributed by atoms with Crippen molar-refractivity contribution in [2.24, 2.45) is 11.8 Å². The first kappa shape index (κ1) is 13.9. The van der Waals surface area contributed by atoms with Gasteiger partial charge in [0.1, 0.15) is 11.3 Å². The molecule has 1 aliphatic rings. The minimum absolute atomic E-state index is 0.260. The summed E-state index contributed by atoms with van der Waals surface area (Å²) in [6, 6.07) is 5.15. The second-order valence-corrected chi connectivity index (χ2v) is 6.17. The first-order valence-corrected chi connectivity index (χ1v) is 7.93. The number of benzene rings is 1. The molecule has 0 radical (unpaired) electrons. The fourth-order valence-electron chi connectivity index (χ4n) is 3.37. The molecule has 1 saturated carbocycles. The van der Waals surface area contributed by atoms with E-state index in [1.165, 1.54) is 31.7 Å². The molecule has 1 aliphatic carbocycles. The molecule has 4 heteroatoms. The Morgan fingerprint density at radius 2 is 2.15 bits per heavy atom. The third-order valence-corrected chi connectivity index (χ3v) is 4.87. The highest BCUT2D eigenvalue weighted by Gasteiger charge is 2.24. The molecule has 0 spiro atoms. The molecule has 0 aliphatic heterocycles. The first-order valence-electron chi connectivity index (χ1n) is 7.40. The number of hydrogen-bond acceptors (Lipinski definition) is 1. The van der Waals surface area contributed by atoms with Crippen LogP contribution < -0.4 is 0 Å². The van der Waals surface area contributed by atoms with Gasteiger partial charge in [0.05, 0.1) is 11.4 Å². The van der Waals surface area contributed by atoms with Crippen LogP contribution in [-0.2, 0) is 12.4 Å². The zero-order chi connectivity index (χ0) is 14.1. The minimum Gasteiger partial charge on any atom is -0.327 e. The van der Waals surface area contributed by atoms with E-state index in [1.54, 1.807) is 6.07 Å². The molecule has 2 atom stereocenters. The summed E-state index contributed by atoms with van der Waals surface area (Å²) in [4.78, 5) is 4.38. The molecule has 20 heavy (non-hydrogen) atoms. The molecule has 0 amide bonds. The lowest BCUT2D eigenvalue weighted by atomic mass is 9.80. The van der Waals surface area contributed by atoms with Crippen molar-refractivity contribution < 1.29 is 4.39 Å². The molecule has 1 heterocycles. The van der Waals surface area contributed by atoms with Gasteiger partial charge in [0.25, 0.3) is 0 Å². The summed E-state index contributed by atoms with van der Waals surface area (Å²) in [5, 5.41) is 0. The maximum atomic E-state index is 13.9. The van der Waals surface area contributed by atoms with Crippen LogP contribution in [0.5, 0.6) is 0 Å². The molecule has 1 aromatic carbocycles. The molecule has 108 valence electrons. The predicted molar refractivity (Wildman–Crippen MR) is 80.4 cm³/mol. The van der Waals surface area contributed by atoms with Crippen molar-refractivity contribution in [1.29, 1.82) is 0 Å². The van der Waals surface area contributed by atoms with Gasteiger partial charge in [-0.15, -0.1) is 11.6 Å². The van der Waals surface area contributed by atoms with Crippen LogP contribution in [0, 0.1) is 17.7 Å². The van der Waals surface area contributed by atoms with E-state index in [-0.39, 0.29) is 5.82 Å². The number of imidazole rings is 1. The van der Waals surface area contributed by atoms with E-state index < -0.39 is 0 Å². The zero-order valence-electron chi connectivity index (χ0n) is 11.8. The highest BCUT2D eigenvalue weighted by Crippen LogP contribution is 2.32. The summed E-state index contributed by atoms with van der Waals surface area (Å²) in [7, 11) is 0. The Balaban J connectivity index is 1.99. The molecule has 0 saturated heterocycles. The number of hydrogen-bond donors (Lipinski definition) is 0. The first-order chi connectivity index (χ1) is 9.70. The van der Waals surface area contributed by atoms with Crippen LogP contribution in [0.2, 0.25) is 0 Å². The van der Waals surface area contributed by atoms with Gasteiger partial charge in [-0.1, -0.05) is 32.3 Å². The van der Waals surface area contributed by atoms with Crippen molar-refractivity contribution in [3.8, 4) is 0 Å². The lowest BCUT2D eigenvalue weighted by molar-refractivity contribution is 0.229. The van der Waals surface area contributed by atoms with Crippen LogP contribution >= 0.6 is 11.6 Å². The lowest BCUT2D eigenvalue weighted by Crippen LogP contribution is -2.22. The van der Waals surface area contributed by atoms with E-state index >= 15 is 0 Å². The van der Waals surface area contributed by atoms with E-state index in [9.17, 15) is 4.39 Å². The molecule has 1 fully saturated rings. The number of aromatic nitrogens is 2. The van der Waals surface area contributed by atoms with Crippen molar-refractivity contribution in [1.82, 2.24) is 9.55 Å². The van der Waals surface area contributed by atoms with Gasteiger partial charge in [0.2, 0.25) is 0 Å². The Bertz CT molecular complexity index is 608. The van der Waals surface area contributed by atoms with Crippen LogP contribution in [0.4, 0.5) is 4.39 Å². The number of fused-ring (bicyclic) bond motifs is 1. The van der Waals surface area contributed by atoms with E-state index in [4.69, 9.17) is 11.6 Å². The summed E-state index contributed by atoms with van der Waals surface area (Å²) in [6.45, 7) is 3.23. The van der Waals surface area contributed by atoms with Crippen LogP contribution in [0.25, 0.3) is 11.0 Å². The highest BCUT2D eigenvalue weighted by atomic mass is 35.5. The van der Waals surface area contributed by atoms with Crippen molar-refractivity contribution in [3.63, 3.8) is 0 Å². The Morgan fingerprint density at radius 1 is 1.35 bits per heavy atom. The minimum atomic E-state index is -0.260. The lowest BCUT2D eigenvalue weighted by Gasteiger charge is -2.29. The quantitative estimate of drug-likeness (QED) is 0.748. The van der Waals surface area contributed by atoms with Crippen molar-refractivity contribution in [3.05, 3.63) is 29.8 Å². The Kier molecular flexibility index (Phi) is 3.97. The highest BCUT2D eigenvalue weighted by molar-refractivity contribution is 6.16. The molecule has 0 bridgehead atoms. The van der Waals surface area contributed by atoms with Crippen LogP contribution in [-0.4, -0.2) is 9.55 Å². The van der Waals surface area contributed by atoms with Crippen molar-refractivity contribution >= 4 is 22.6 Å². The maximum Gasteiger partial charge on any atom is 0.151 e. The number of nitrogens with zero attached hydrogens (tertiary/aromatic N) is 2. The average molecular weight is 295 g/mol. The van der Waals surface area contributed by atoms with Crippen LogP contribution in [0.1, 0.15) is 38.4 Å². The fraction of sp³-hybridized carbons (Fsp3) is 0.562. The molecule has 2 nitrogen and oxygen atoms in total. The number of halogens is 2. The van der Waals surface area contributed by atoms with Gasteiger partial charge in [0, 0.05) is 6.54 Å². The number of para-hydroxylation sites is 1. The van der Waals surface area contributed by atoms with Gasteiger partial charge in [0.15, 0.2) is 5.82 Å². The number of rotatable bonds is 3. The summed E-state index contributed by atoms with van der Waals surface area (Å²) >= 11 is 6.00. The summed E-state index contributed by atoms with van der Waals surface area (Å²) < 4.78 is 16.0. The van der Waals surface area contributed by atoms with Gasteiger partial charge in [-0.25, -0.2) is 9.37 Å². The normalized spacial score (nSPS) is 23.4. The Hall–Kier alpha value is -1.09. The third kappa shape index (κ3) is 2.44. The van der Waals surface area contributed by atoms with Gasteiger partial charge < -0.3 is 4.57 Å². The van der Waals surface area contributed by atoms with Crippen LogP contribution in [0.3, 0.4) is 0 Å². The zero-order valence-corrected chi connectivity index (χ0v) is 12.5. The van der Waals surface area contributed by atoms with Crippen molar-refractivity contribution in [2.75, 3.05) is 0 Å². The van der Waals surface area contributed by atoms with E-state index in [2.05, 4.69) is 16.5 Å². The molecule has 2 unspecified atom stereocenters. The van der Waals surface area contributed by atoms with Gasteiger partial charge in [-0.3, -0.25) is 0 Å². The Labute approximate surface area is 123 Å². The topological polar surface area (TPSA) is 17.8 Å². The second-order valence-electron chi connectivity index (χ2n) is 5.90. The molecule has 3 rings (SSSR count). The maximum absolute atomic E-state index is 13.9. The standard InChI is InChI=1S/C16H20ClFN2/c1-11-5-2-3-6-12(11)10-20-14-8-4-7-13(18)16(14)19-15(20)9-17/h4,7-8,11-12H,2-3,5-6,9-10H2,1H3. The molecular formula is C16H20ClFN2. The second kappa shape index (κ2) is 5.72. The monoisotopic (exact) mass is 294 g/mol. The Morgan fingerprint density at radius 3 is 2.90 bits per heavy atom. The SMILES string of the molecule is CC1CCCCC1Cn1c(CCl)nc2c(F)cccc21. The largest absolute Gasteiger partial charge is 0.327 e. The summed E-state index contributed by atoms with van der Waals surface area (Å²) in [5.41, 5.74) is 1.32. The van der Waals surface area contributed by atoms with Crippen LogP contribution in [0.15, 0.2) is 18.2 Å². The summed E-state index contributed by atoms with van der Waals surface area (Å²) in [6.07, 6.45) is 5.17. The van der Waals surface area contributed by atoms with Gasteiger partial charge in [-0.05, 0) is 30.4 Å². The van der Waals surface area contributed by atoms with E-state index in [1.807, 2.05) is 6.07 Å². The third-order valence-electron chi connectivity index (χ3n) is 4.63. The molecular weight excluding hydrogens is 275 g/mol. The van der Waals surface area contributed by atoms with E-state index in [0.717, 1.165) is 23.8 Å². The molecule has 2 aromatic rings. The number of alkyl halides is 1. The smallest absolute Gasteiger partial charge is 0.151 e. The molecule has 1 aromatic heterocycles. The molecule has 0 N–H and O–H groups in total. The fourth-order valence-corrected chi connectivity index (χ4v) is 3.57. The predicted octanol–water partition coefficient (Wildman–Crippen LogP) is 4.74. The van der Waals surface area contributed by atoms with Gasteiger partial charge in [-0.2, -0.15) is 0 Å². The average Bonchev–Trinajstić information content (AvgIpc) is 2.81.